The Morgan fingerprint density at radius 2 is 2.30 bits per heavy atom. The standard InChI is InChI=1S/C17H17ClN2O3/c18-14-8-12(3-4-15(14)21)9-17(22)20-6-7-23-16(11-20)13-2-1-5-19-10-13/h1-5,8,10,16,21H,6-7,9,11H2/t16-/m0/s1. The third-order valence-electron chi connectivity index (χ3n) is 3.84. The number of rotatable bonds is 3. The number of carbonyl (C=O) groups is 1. The van der Waals surface area contributed by atoms with Crippen molar-refractivity contribution >= 4 is 17.5 Å². The number of halogens is 1. The van der Waals surface area contributed by atoms with E-state index in [1.54, 1.807) is 29.4 Å². The highest BCUT2D eigenvalue weighted by Gasteiger charge is 2.25. The summed E-state index contributed by atoms with van der Waals surface area (Å²) in [5, 5.41) is 9.69. The van der Waals surface area contributed by atoms with Crippen molar-refractivity contribution in [2.75, 3.05) is 19.7 Å². The van der Waals surface area contributed by atoms with E-state index >= 15 is 0 Å². The van der Waals surface area contributed by atoms with Gasteiger partial charge < -0.3 is 14.7 Å². The number of morpholine rings is 1. The van der Waals surface area contributed by atoms with Crippen molar-refractivity contribution in [2.45, 2.75) is 12.5 Å². The van der Waals surface area contributed by atoms with Crippen LogP contribution in [0.25, 0.3) is 0 Å². The van der Waals surface area contributed by atoms with Crippen LogP contribution in [-0.2, 0) is 16.0 Å². The van der Waals surface area contributed by atoms with Crippen molar-refractivity contribution in [3.05, 3.63) is 58.9 Å². The number of amides is 1. The molecule has 120 valence electrons. The first-order valence-corrected chi connectivity index (χ1v) is 7.78. The van der Waals surface area contributed by atoms with Crippen LogP contribution < -0.4 is 0 Å². The van der Waals surface area contributed by atoms with Gasteiger partial charge in [-0.05, 0) is 23.8 Å². The molecule has 0 saturated carbocycles. The summed E-state index contributed by atoms with van der Waals surface area (Å²) in [6.45, 7) is 1.58. The Bertz CT molecular complexity index is 693. The van der Waals surface area contributed by atoms with Crippen LogP contribution in [-0.4, -0.2) is 40.6 Å². The second-order valence-corrected chi connectivity index (χ2v) is 5.86. The van der Waals surface area contributed by atoms with Crippen molar-refractivity contribution in [1.82, 2.24) is 9.88 Å². The fraction of sp³-hybridized carbons (Fsp3) is 0.294. The van der Waals surface area contributed by atoms with Crippen LogP contribution in [0.3, 0.4) is 0 Å². The quantitative estimate of drug-likeness (QED) is 0.938. The van der Waals surface area contributed by atoms with E-state index in [2.05, 4.69) is 4.98 Å². The minimum absolute atomic E-state index is 0.0175. The molecule has 2 heterocycles. The van der Waals surface area contributed by atoms with Gasteiger partial charge in [0.15, 0.2) is 0 Å². The van der Waals surface area contributed by atoms with Crippen molar-refractivity contribution in [3.8, 4) is 5.75 Å². The maximum Gasteiger partial charge on any atom is 0.227 e. The van der Waals surface area contributed by atoms with Gasteiger partial charge in [-0.3, -0.25) is 9.78 Å². The number of phenols is 1. The molecule has 23 heavy (non-hydrogen) atoms. The summed E-state index contributed by atoms with van der Waals surface area (Å²) in [5.74, 6) is 0.0369. The molecule has 2 aromatic rings. The zero-order valence-corrected chi connectivity index (χ0v) is 13.2. The van der Waals surface area contributed by atoms with E-state index in [4.69, 9.17) is 16.3 Å². The summed E-state index contributed by atoms with van der Waals surface area (Å²) >= 11 is 5.88. The van der Waals surface area contributed by atoms with Crippen LogP contribution >= 0.6 is 11.6 Å². The summed E-state index contributed by atoms with van der Waals surface area (Å²) in [5.41, 5.74) is 1.75. The molecule has 0 radical (unpaired) electrons. The molecule has 1 atom stereocenters. The van der Waals surface area contributed by atoms with Gasteiger partial charge in [0.25, 0.3) is 0 Å². The highest BCUT2D eigenvalue weighted by atomic mass is 35.5. The molecule has 0 unspecified atom stereocenters. The molecule has 5 nitrogen and oxygen atoms in total. The normalized spacial score (nSPS) is 18.0. The van der Waals surface area contributed by atoms with Gasteiger partial charge in [-0.15, -0.1) is 0 Å². The van der Waals surface area contributed by atoms with Crippen LogP contribution in [0, 0.1) is 0 Å². The van der Waals surface area contributed by atoms with Crippen molar-refractivity contribution in [2.24, 2.45) is 0 Å². The largest absolute Gasteiger partial charge is 0.506 e. The molecular weight excluding hydrogens is 316 g/mol. The number of hydrogen-bond donors (Lipinski definition) is 1. The average molecular weight is 333 g/mol. The predicted octanol–water partition coefficient (Wildman–Crippen LogP) is 2.58. The van der Waals surface area contributed by atoms with Crippen molar-refractivity contribution in [1.29, 1.82) is 0 Å². The fourth-order valence-electron chi connectivity index (χ4n) is 2.59. The molecule has 1 aromatic heterocycles. The molecule has 1 aromatic carbocycles. The lowest BCUT2D eigenvalue weighted by molar-refractivity contribution is -0.138. The second-order valence-electron chi connectivity index (χ2n) is 5.45. The summed E-state index contributed by atoms with van der Waals surface area (Å²) in [6.07, 6.45) is 3.58. The van der Waals surface area contributed by atoms with Gasteiger partial charge in [-0.25, -0.2) is 0 Å². The smallest absolute Gasteiger partial charge is 0.227 e. The highest BCUT2D eigenvalue weighted by Crippen LogP contribution is 2.25. The lowest BCUT2D eigenvalue weighted by Crippen LogP contribution is -2.43. The lowest BCUT2D eigenvalue weighted by Gasteiger charge is -2.33. The number of pyridine rings is 1. The van der Waals surface area contributed by atoms with Gasteiger partial charge in [0.2, 0.25) is 5.91 Å². The molecule has 6 heteroatoms. The zero-order valence-electron chi connectivity index (χ0n) is 12.5. The first-order chi connectivity index (χ1) is 11.1. The van der Waals surface area contributed by atoms with Gasteiger partial charge in [0, 0.05) is 24.5 Å². The third-order valence-corrected chi connectivity index (χ3v) is 4.15. The SMILES string of the molecule is O=C(Cc1ccc(O)c(Cl)c1)N1CCO[C@H](c2cccnc2)C1. The highest BCUT2D eigenvalue weighted by molar-refractivity contribution is 6.32. The van der Waals surface area contributed by atoms with Crippen LogP contribution in [0.5, 0.6) is 5.75 Å². The van der Waals surface area contributed by atoms with E-state index in [1.165, 1.54) is 6.07 Å². The summed E-state index contributed by atoms with van der Waals surface area (Å²) < 4.78 is 5.74. The molecule has 0 aliphatic carbocycles. The number of carbonyl (C=O) groups excluding carboxylic acids is 1. The van der Waals surface area contributed by atoms with E-state index in [0.29, 0.717) is 19.7 Å². The summed E-state index contributed by atoms with van der Waals surface area (Å²) in [6, 6.07) is 8.64. The van der Waals surface area contributed by atoms with Crippen LogP contribution in [0.4, 0.5) is 0 Å². The Hall–Kier alpha value is -2.11. The molecule has 0 bridgehead atoms. The number of benzene rings is 1. The van der Waals surface area contributed by atoms with Gasteiger partial charge in [-0.2, -0.15) is 0 Å². The number of aromatic nitrogens is 1. The Morgan fingerprint density at radius 3 is 3.04 bits per heavy atom. The van der Waals surface area contributed by atoms with E-state index < -0.39 is 0 Å². The maximum absolute atomic E-state index is 12.5. The van der Waals surface area contributed by atoms with Gasteiger partial charge in [-0.1, -0.05) is 23.7 Å². The topological polar surface area (TPSA) is 62.7 Å². The first-order valence-electron chi connectivity index (χ1n) is 7.40. The van der Waals surface area contributed by atoms with Gasteiger partial charge in [0.05, 0.1) is 24.6 Å². The molecule has 1 saturated heterocycles. The molecule has 1 amide bonds. The number of nitrogens with zero attached hydrogens (tertiary/aromatic N) is 2. The third kappa shape index (κ3) is 3.81. The summed E-state index contributed by atoms with van der Waals surface area (Å²) in [7, 11) is 0. The number of hydrogen-bond acceptors (Lipinski definition) is 4. The molecule has 0 spiro atoms. The van der Waals surface area contributed by atoms with Crippen molar-refractivity contribution in [3.63, 3.8) is 0 Å². The fourth-order valence-corrected chi connectivity index (χ4v) is 2.79. The Kier molecular flexibility index (Phi) is 4.79. The number of ether oxygens (including phenoxy) is 1. The Balaban J connectivity index is 1.66. The van der Waals surface area contributed by atoms with E-state index in [1.807, 2.05) is 12.1 Å². The minimum Gasteiger partial charge on any atom is -0.506 e. The van der Waals surface area contributed by atoms with E-state index in [0.717, 1.165) is 11.1 Å². The molecule has 3 rings (SSSR count). The molecule has 1 aliphatic rings. The minimum atomic E-state index is -0.148. The summed E-state index contributed by atoms with van der Waals surface area (Å²) in [4.78, 5) is 18.4. The number of phenolic OH excluding ortho intramolecular Hbond substituents is 1. The first kappa shape index (κ1) is 15.8. The van der Waals surface area contributed by atoms with Crippen LogP contribution in [0.1, 0.15) is 17.2 Å². The molecule has 1 fully saturated rings. The van der Waals surface area contributed by atoms with Crippen LogP contribution in [0.15, 0.2) is 42.7 Å². The molecule has 1 N–H and O–H groups in total. The van der Waals surface area contributed by atoms with Crippen LogP contribution in [0.2, 0.25) is 5.02 Å². The lowest BCUT2D eigenvalue weighted by atomic mass is 10.1. The van der Waals surface area contributed by atoms with E-state index in [-0.39, 0.29) is 29.2 Å². The monoisotopic (exact) mass is 332 g/mol. The Labute approximate surface area is 139 Å². The van der Waals surface area contributed by atoms with E-state index in [9.17, 15) is 9.90 Å². The zero-order chi connectivity index (χ0) is 16.2. The number of aromatic hydroxyl groups is 1. The van der Waals surface area contributed by atoms with Crippen molar-refractivity contribution < 1.29 is 14.6 Å². The predicted molar refractivity (Wildman–Crippen MR) is 86.3 cm³/mol. The molecule has 1 aliphatic heterocycles. The molecular formula is C17H17ClN2O3. The maximum atomic E-state index is 12.5. The Morgan fingerprint density at radius 1 is 1.43 bits per heavy atom. The van der Waals surface area contributed by atoms with Gasteiger partial charge in [0.1, 0.15) is 11.9 Å². The average Bonchev–Trinajstić information content (AvgIpc) is 2.59. The second kappa shape index (κ2) is 6.98. The van der Waals surface area contributed by atoms with Gasteiger partial charge >= 0.3 is 0 Å².